The molecule has 5 amide bonds. The van der Waals surface area contributed by atoms with Gasteiger partial charge in [0.2, 0.25) is 11.8 Å². The largest absolute Gasteiger partial charge is 0.457 e. The molecular weight excluding hydrogens is 860 g/mol. The summed E-state index contributed by atoms with van der Waals surface area (Å²) in [5.74, 6) is -1.84. The number of nitrogens with zero attached hydrogens (tertiary/aromatic N) is 3. The maximum Gasteiger partial charge on any atom is 0.409 e. The minimum atomic E-state index is -1.83. The highest BCUT2D eigenvalue weighted by Gasteiger charge is 2.64. The van der Waals surface area contributed by atoms with Gasteiger partial charge in [0.25, 0.3) is 11.8 Å². The number of hydrogen-bond donors (Lipinski definition) is 2. The van der Waals surface area contributed by atoms with Crippen LogP contribution in [-0.4, -0.2) is 131 Å². The van der Waals surface area contributed by atoms with Crippen LogP contribution in [0, 0.1) is 12.8 Å². The Morgan fingerprint density at radius 2 is 1.84 bits per heavy atom. The molecule has 7 atom stereocenters. The average Bonchev–Trinajstić information content (AvgIpc) is 3.80. The first-order chi connectivity index (χ1) is 29.1. The van der Waals surface area contributed by atoms with Crippen molar-refractivity contribution in [1.82, 2.24) is 15.1 Å². The highest BCUT2D eigenvalue weighted by molar-refractivity contribution is 8.77. The lowest BCUT2D eigenvalue weighted by Crippen LogP contribution is -2.63. The Morgan fingerprint density at radius 1 is 1.15 bits per heavy atom. The molecule has 340 valence electrons. The number of nitrogens with one attached hydrogen (secondary N) is 1. The number of likely N-dealkylation sites (N-methyl/N-ethyl adjacent to an activating group) is 1. The molecule has 2 fully saturated rings. The Labute approximate surface area is 376 Å². The molecule has 0 saturated carbocycles. The Kier molecular flexibility index (Phi) is 16.1. The molecule has 5 rings (SSSR count). The fourth-order valence-electron chi connectivity index (χ4n) is 7.89. The highest BCUT2D eigenvalue weighted by atomic mass is 35.5. The van der Waals surface area contributed by atoms with E-state index in [2.05, 4.69) is 5.32 Å². The van der Waals surface area contributed by atoms with E-state index in [9.17, 15) is 33.9 Å². The number of rotatable bonds is 13. The van der Waals surface area contributed by atoms with Crippen LogP contribution in [0.25, 0.3) is 0 Å². The number of imide groups is 1. The SMILES string of the molecule is CO[C@@H]1/C=C/C=C(\C)Cc2cc(C)c(Cl)c(c2)N(C)C(=O)C[C@H](OC(=O)CN(C)C(=O)CCC(C)(C)SSCCCN2C(=O)C=CC2=O)[C@]2(C)O[C@H]2[C@H](C)[C@@H]2C[C@@]1(O)NC(=O)O2. The number of ether oxygens (including phenoxy) is 4. The van der Waals surface area contributed by atoms with Crippen molar-refractivity contribution < 1.29 is 52.8 Å². The number of halogens is 1. The second-order valence-corrected chi connectivity index (χ2v) is 20.8. The lowest BCUT2D eigenvalue weighted by Gasteiger charge is -2.42. The van der Waals surface area contributed by atoms with Crippen LogP contribution in [0.15, 0.2) is 48.1 Å². The van der Waals surface area contributed by atoms with Crippen molar-refractivity contribution in [2.45, 2.75) is 121 Å². The van der Waals surface area contributed by atoms with Gasteiger partial charge in [-0.05, 0) is 71.1 Å². The molecule has 18 heteroatoms. The number of methoxy groups -OCH3 is 1. The molecule has 4 bridgehead atoms. The van der Waals surface area contributed by atoms with E-state index in [1.54, 1.807) is 54.6 Å². The van der Waals surface area contributed by atoms with E-state index in [4.69, 9.17) is 30.5 Å². The van der Waals surface area contributed by atoms with Crippen LogP contribution in [0.4, 0.5) is 10.5 Å². The average molecular weight is 920 g/mol. The summed E-state index contributed by atoms with van der Waals surface area (Å²) < 4.78 is 23.4. The van der Waals surface area contributed by atoms with Crippen LogP contribution in [0.5, 0.6) is 0 Å². The van der Waals surface area contributed by atoms with E-state index in [1.165, 1.54) is 41.0 Å². The lowest BCUT2D eigenvalue weighted by molar-refractivity contribution is -0.157. The molecular formula is C44H59ClN4O11S2. The van der Waals surface area contributed by atoms with Crippen LogP contribution in [-0.2, 0) is 49.3 Å². The van der Waals surface area contributed by atoms with Gasteiger partial charge in [-0.15, -0.1) is 0 Å². The molecule has 4 heterocycles. The fraction of sp³-hybridized carbons (Fsp3) is 0.591. The molecule has 2 N–H and O–H groups in total. The van der Waals surface area contributed by atoms with Crippen molar-refractivity contribution in [2.75, 3.05) is 44.9 Å². The predicted octanol–water partition coefficient (Wildman–Crippen LogP) is 5.68. The molecule has 0 spiro atoms. The molecule has 15 nitrogen and oxygen atoms in total. The van der Waals surface area contributed by atoms with Crippen LogP contribution >= 0.6 is 33.2 Å². The van der Waals surface area contributed by atoms with Gasteiger partial charge < -0.3 is 33.9 Å². The standard InChI is InChI=1S/C44H59ClN4O11S2/c1-26-12-10-13-32(57-9)44(56)24-31(58-41(55)46-44)28(3)40-43(6,60-40)33(23-37(53)48(8)30-22-29(20-26)21-27(2)39(30)45)59-38(54)25-47(7)34(50)16-17-42(4,5)62-61-19-11-18-49-35(51)14-15-36(49)52/h10,12-15,21-22,28,31-33,40,56H,11,16-20,23-25H2,1-9H3,(H,46,55)/b13-10+,26-12+/t28-,31+,32-,33+,40+,43+,44+/m1/s1. The second-order valence-electron chi connectivity index (χ2n) is 17.3. The molecule has 0 unspecified atom stereocenters. The number of alkyl carbamates (subject to hydrolysis) is 1. The lowest BCUT2D eigenvalue weighted by atomic mass is 9.83. The van der Waals surface area contributed by atoms with Crippen molar-refractivity contribution >= 4 is 74.6 Å². The first kappa shape index (κ1) is 49.2. The summed E-state index contributed by atoms with van der Waals surface area (Å²) in [5.41, 5.74) is 0.0621. The Balaban J connectivity index is 1.29. The highest BCUT2D eigenvalue weighted by Crippen LogP contribution is 2.49. The quantitative estimate of drug-likeness (QED) is 0.0811. The summed E-state index contributed by atoms with van der Waals surface area (Å²) in [6, 6.07) is 3.79. The van der Waals surface area contributed by atoms with Gasteiger partial charge in [-0.1, -0.05) is 70.0 Å². The number of aliphatic hydroxyl groups is 1. The molecule has 1 aromatic rings. The van der Waals surface area contributed by atoms with E-state index < -0.39 is 59.6 Å². The van der Waals surface area contributed by atoms with E-state index in [-0.39, 0.29) is 48.3 Å². The van der Waals surface area contributed by atoms with Gasteiger partial charge in [-0.25, -0.2) is 4.79 Å². The molecule has 62 heavy (non-hydrogen) atoms. The normalized spacial score (nSPS) is 29.3. The van der Waals surface area contributed by atoms with Gasteiger partial charge in [-0.2, -0.15) is 0 Å². The summed E-state index contributed by atoms with van der Waals surface area (Å²) in [4.78, 5) is 81.6. The zero-order valence-corrected chi connectivity index (χ0v) is 39.2. The third-order valence-electron chi connectivity index (χ3n) is 11.7. The summed E-state index contributed by atoms with van der Waals surface area (Å²) in [7, 11) is 7.78. The van der Waals surface area contributed by atoms with Crippen molar-refractivity contribution in [3.05, 3.63) is 64.2 Å². The number of carbonyl (C=O) groups is 6. The molecule has 2 saturated heterocycles. The first-order valence-corrected chi connectivity index (χ1v) is 23.4. The van der Waals surface area contributed by atoms with Gasteiger partial charge in [-0.3, -0.25) is 34.2 Å². The van der Waals surface area contributed by atoms with Gasteiger partial charge >= 0.3 is 12.1 Å². The van der Waals surface area contributed by atoms with E-state index in [1.807, 2.05) is 45.9 Å². The summed E-state index contributed by atoms with van der Waals surface area (Å²) in [5, 5.41) is 14.7. The monoisotopic (exact) mass is 918 g/mol. The zero-order chi connectivity index (χ0) is 45.7. The summed E-state index contributed by atoms with van der Waals surface area (Å²) >= 11 is 6.80. The maximum absolute atomic E-state index is 14.2. The number of aryl methyl sites for hydroxylation is 1. The van der Waals surface area contributed by atoms with E-state index in [0.29, 0.717) is 42.3 Å². The minimum Gasteiger partial charge on any atom is -0.457 e. The fourth-order valence-corrected chi connectivity index (χ4v) is 10.8. The summed E-state index contributed by atoms with van der Waals surface area (Å²) in [6.45, 7) is 11.3. The van der Waals surface area contributed by atoms with Crippen LogP contribution in [0.2, 0.25) is 5.02 Å². The molecule has 0 aliphatic carbocycles. The Hall–Kier alpha value is -3.87. The van der Waals surface area contributed by atoms with Gasteiger partial charge in [0, 0.05) is 69.2 Å². The number of epoxide rings is 1. The van der Waals surface area contributed by atoms with Gasteiger partial charge in [0.15, 0.2) is 5.72 Å². The minimum absolute atomic E-state index is 0.0565. The van der Waals surface area contributed by atoms with Gasteiger partial charge in [0.1, 0.15) is 30.5 Å². The predicted molar refractivity (Wildman–Crippen MR) is 238 cm³/mol. The zero-order valence-electron chi connectivity index (χ0n) is 36.9. The molecule has 4 aliphatic heterocycles. The number of benzene rings is 1. The molecule has 1 aromatic carbocycles. The number of carbonyl (C=O) groups excluding carboxylic acids is 6. The van der Waals surface area contributed by atoms with E-state index in [0.717, 1.165) is 16.7 Å². The molecule has 4 aliphatic rings. The van der Waals surface area contributed by atoms with Gasteiger partial charge in [0.05, 0.1) is 23.2 Å². The van der Waals surface area contributed by atoms with E-state index >= 15 is 0 Å². The Bertz CT molecular complexity index is 1990. The summed E-state index contributed by atoms with van der Waals surface area (Å²) in [6.07, 6.45) is 4.90. The third-order valence-corrected chi connectivity index (χ3v) is 15.7. The number of anilines is 1. The van der Waals surface area contributed by atoms with Crippen molar-refractivity contribution in [2.24, 2.45) is 5.92 Å². The number of esters is 1. The maximum atomic E-state index is 14.2. The number of hydrogen-bond acceptors (Lipinski definition) is 13. The molecule has 0 aromatic heterocycles. The number of allylic oxidation sites excluding steroid dienone is 3. The Morgan fingerprint density at radius 3 is 2.52 bits per heavy atom. The van der Waals surface area contributed by atoms with Crippen molar-refractivity contribution in [3.8, 4) is 0 Å². The van der Waals surface area contributed by atoms with Crippen LogP contribution in [0.1, 0.15) is 77.8 Å². The third kappa shape index (κ3) is 12.0. The van der Waals surface area contributed by atoms with Crippen LogP contribution < -0.4 is 10.2 Å². The number of amides is 5. The van der Waals surface area contributed by atoms with Crippen molar-refractivity contribution in [1.29, 1.82) is 0 Å². The number of fused-ring (bicyclic) bond motifs is 5. The smallest absolute Gasteiger partial charge is 0.409 e. The first-order valence-electron chi connectivity index (χ1n) is 20.7. The molecule has 0 radical (unpaired) electrons. The van der Waals surface area contributed by atoms with Crippen molar-refractivity contribution in [3.63, 3.8) is 0 Å². The second kappa shape index (κ2) is 20.3. The topological polar surface area (TPSA) is 185 Å². The van der Waals surface area contributed by atoms with Crippen LogP contribution in [0.3, 0.4) is 0 Å².